The number of rotatable bonds is 2. The summed E-state index contributed by atoms with van der Waals surface area (Å²) in [5.74, 6) is -0.513. The van der Waals surface area contributed by atoms with Crippen LogP contribution in [-0.2, 0) is 9.84 Å². The van der Waals surface area contributed by atoms with Crippen LogP contribution < -0.4 is 5.73 Å². The van der Waals surface area contributed by atoms with Crippen molar-refractivity contribution in [3.8, 4) is 0 Å². The molecule has 2 rings (SSSR count). The second kappa shape index (κ2) is 3.68. The minimum Gasteiger partial charge on any atom is -0.328 e. The molecule has 16 heavy (non-hydrogen) atoms. The summed E-state index contributed by atoms with van der Waals surface area (Å²) in [6.07, 6.45) is 1.61. The minimum absolute atomic E-state index is 0.0446. The van der Waals surface area contributed by atoms with Gasteiger partial charge in [0.2, 0.25) is 9.84 Å². The molecule has 0 amide bonds. The van der Waals surface area contributed by atoms with E-state index in [1.54, 1.807) is 6.92 Å². The molecule has 3 nitrogen and oxygen atoms in total. The molecule has 2 N–H and O–H groups in total. The monoisotopic (exact) mass is 241 g/mol. The molecule has 1 aromatic rings. The molecule has 0 spiro atoms. The van der Waals surface area contributed by atoms with Crippen LogP contribution in [0.15, 0.2) is 28.0 Å². The summed E-state index contributed by atoms with van der Waals surface area (Å²) in [6, 6.07) is 3.80. The maximum Gasteiger partial charge on any atom is 0.203 e. The van der Waals surface area contributed by atoms with E-state index >= 15 is 0 Å². The first-order valence-corrected chi connectivity index (χ1v) is 6.41. The first-order chi connectivity index (χ1) is 7.43. The number of fused-ring (bicyclic) bond motifs is 1. The summed E-state index contributed by atoms with van der Waals surface area (Å²) in [4.78, 5) is 0.241. The highest BCUT2D eigenvalue weighted by molar-refractivity contribution is 7.95. The Bertz CT molecular complexity index is 561. The standard InChI is InChI=1S/C11H12FNO2S/c1-7(13)5-8-6-9-10(12)3-2-4-11(9)16(8,14)15/h2-4,6-7H,5,13H2,1H3. The van der Waals surface area contributed by atoms with Crippen LogP contribution in [0.2, 0.25) is 0 Å². The molecule has 1 aliphatic heterocycles. The molecule has 0 saturated heterocycles. The SMILES string of the molecule is CC(N)CC1=Cc2c(F)cccc2S1(=O)=O. The summed E-state index contributed by atoms with van der Waals surface area (Å²) in [7, 11) is -3.52. The van der Waals surface area contributed by atoms with E-state index in [1.807, 2.05) is 0 Å². The van der Waals surface area contributed by atoms with Crippen LogP contribution >= 0.6 is 0 Å². The fourth-order valence-corrected chi connectivity index (χ4v) is 3.50. The molecule has 5 heteroatoms. The van der Waals surface area contributed by atoms with Gasteiger partial charge in [0, 0.05) is 11.6 Å². The van der Waals surface area contributed by atoms with Crippen LogP contribution in [0.25, 0.3) is 6.08 Å². The smallest absolute Gasteiger partial charge is 0.203 e. The van der Waals surface area contributed by atoms with Gasteiger partial charge >= 0.3 is 0 Å². The van der Waals surface area contributed by atoms with E-state index in [1.165, 1.54) is 24.3 Å². The highest BCUT2D eigenvalue weighted by Gasteiger charge is 2.31. The Kier molecular flexibility index (Phi) is 2.59. The van der Waals surface area contributed by atoms with Crippen molar-refractivity contribution in [2.75, 3.05) is 0 Å². The predicted molar refractivity (Wildman–Crippen MR) is 59.8 cm³/mol. The number of benzene rings is 1. The lowest BCUT2D eigenvalue weighted by molar-refractivity contribution is 0.594. The number of sulfone groups is 1. The number of nitrogens with two attached hydrogens (primary N) is 1. The highest BCUT2D eigenvalue weighted by Crippen LogP contribution is 2.35. The Morgan fingerprint density at radius 2 is 2.12 bits per heavy atom. The third-order valence-electron chi connectivity index (χ3n) is 2.48. The van der Waals surface area contributed by atoms with Gasteiger partial charge < -0.3 is 5.73 Å². The van der Waals surface area contributed by atoms with Gasteiger partial charge in [0.15, 0.2) is 0 Å². The number of hydrogen-bond donors (Lipinski definition) is 1. The topological polar surface area (TPSA) is 60.2 Å². The van der Waals surface area contributed by atoms with Gasteiger partial charge in [-0.3, -0.25) is 0 Å². The summed E-state index contributed by atoms with van der Waals surface area (Å²) in [5.41, 5.74) is 5.72. The molecule has 1 heterocycles. The molecular weight excluding hydrogens is 229 g/mol. The van der Waals surface area contributed by atoms with Gasteiger partial charge in [-0.2, -0.15) is 0 Å². The van der Waals surface area contributed by atoms with Crippen molar-refractivity contribution in [3.05, 3.63) is 34.5 Å². The summed E-state index contributed by atoms with van der Waals surface area (Å²) >= 11 is 0. The maximum absolute atomic E-state index is 13.4. The fourth-order valence-electron chi connectivity index (χ4n) is 1.76. The van der Waals surface area contributed by atoms with Crippen LogP contribution in [0, 0.1) is 5.82 Å². The molecule has 86 valence electrons. The number of halogens is 1. The van der Waals surface area contributed by atoms with Crippen LogP contribution in [0.4, 0.5) is 4.39 Å². The maximum atomic E-state index is 13.4. The second-order valence-electron chi connectivity index (χ2n) is 3.95. The molecule has 1 aromatic carbocycles. The van der Waals surface area contributed by atoms with E-state index in [0.29, 0.717) is 0 Å². The average Bonchev–Trinajstić information content (AvgIpc) is 2.41. The van der Waals surface area contributed by atoms with E-state index in [0.717, 1.165) is 0 Å². The van der Waals surface area contributed by atoms with Crippen molar-refractivity contribution >= 4 is 15.9 Å². The van der Waals surface area contributed by atoms with Crippen LogP contribution in [0.5, 0.6) is 0 Å². The highest BCUT2D eigenvalue weighted by atomic mass is 32.2. The van der Waals surface area contributed by atoms with Gasteiger partial charge in [-0.25, -0.2) is 12.8 Å². The normalized spacial score (nSPS) is 19.1. The molecule has 0 saturated carbocycles. The summed E-state index contributed by atoms with van der Waals surface area (Å²) in [6.45, 7) is 1.72. The van der Waals surface area contributed by atoms with Crippen molar-refractivity contribution in [1.29, 1.82) is 0 Å². The van der Waals surface area contributed by atoms with Crippen molar-refractivity contribution in [1.82, 2.24) is 0 Å². The Morgan fingerprint density at radius 3 is 2.69 bits per heavy atom. The van der Waals surface area contributed by atoms with Crippen LogP contribution in [0.1, 0.15) is 18.9 Å². The predicted octanol–water partition coefficient (Wildman–Crippen LogP) is 1.69. The van der Waals surface area contributed by atoms with Gasteiger partial charge in [0.05, 0.1) is 9.80 Å². The largest absolute Gasteiger partial charge is 0.328 e. The minimum atomic E-state index is -3.52. The lowest BCUT2D eigenvalue weighted by atomic mass is 10.1. The molecule has 0 fully saturated rings. The Morgan fingerprint density at radius 1 is 1.44 bits per heavy atom. The molecule has 1 atom stereocenters. The Hall–Kier alpha value is -1.20. The van der Waals surface area contributed by atoms with Crippen LogP contribution in [0.3, 0.4) is 0 Å². The second-order valence-corrected chi connectivity index (χ2v) is 5.92. The van der Waals surface area contributed by atoms with Gasteiger partial charge in [0.1, 0.15) is 5.82 Å². The van der Waals surface area contributed by atoms with Gasteiger partial charge in [-0.15, -0.1) is 0 Å². The zero-order valence-electron chi connectivity index (χ0n) is 8.77. The Balaban J connectivity index is 2.57. The lowest BCUT2D eigenvalue weighted by Gasteiger charge is -2.06. The quantitative estimate of drug-likeness (QED) is 0.857. The fraction of sp³-hybridized carbons (Fsp3) is 0.273. The molecule has 1 aliphatic rings. The summed E-state index contributed by atoms with van der Waals surface area (Å²) < 4.78 is 37.4. The van der Waals surface area contributed by atoms with E-state index in [-0.39, 0.29) is 27.8 Å². The van der Waals surface area contributed by atoms with E-state index in [9.17, 15) is 12.8 Å². The third-order valence-corrected chi connectivity index (χ3v) is 4.39. The third kappa shape index (κ3) is 1.66. The lowest BCUT2D eigenvalue weighted by Crippen LogP contribution is -2.17. The van der Waals surface area contributed by atoms with Crippen molar-refractivity contribution in [2.45, 2.75) is 24.3 Å². The zero-order chi connectivity index (χ0) is 11.9. The first kappa shape index (κ1) is 11.3. The van der Waals surface area contributed by atoms with E-state index in [4.69, 9.17) is 5.73 Å². The summed E-state index contributed by atoms with van der Waals surface area (Å²) in [5, 5.41) is 0. The van der Waals surface area contributed by atoms with Gasteiger partial charge in [-0.05, 0) is 31.6 Å². The molecule has 1 unspecified atom stereocenters. The zero-order valence-corrected chi connectivity index (χ0v) is 9.59. The van der Waals surface area contributed by atoms with Gasteiger partial charge in [0.25, 0.3) is 0 Å². The average molecular weight is 241 g/mol. The molecule has 0 aliphatic carbocycles. The van der Waals surface area contributed by atoms with E-state index in [2.05, 4.69) is 0 Å². The molecular formula is C11H12FNO2S. The van der Waals surface area contributed by atoms with E-state index < -0.39 is 15.7 Å². The Labute approximate surface area is 93.7 Å². The molecule has 0 aromatic heterocycles. The van der Waals surface area contributed by atoms with Crippen molar-refractivity contribution < 1.29 is 12.8 Å². The van der Waals surface area contributed by atoms with Gasteiger partial charge in [-0.1, -0.05) is 6.07 Å². The molecule has 0 radical (unpaired) electrons. The van der Waals surface area contributed by atoms with Crippen LogP contribution in [-0.4, -0.2) is 14.5 Å². The number of hydrogen-bond acceptors (Lipinski definition) is 3. The molecule has 0 bridgehead atoms. The van der Waals surface area contributed by atoms with Crippen molar-refractivity contribution in [3.63, 3.8) is 0 Å². The van der Waals surface area contributed by atoms with Crippen molar-refractivity contribution in [2.24, 2.45) is 5.73 Å². The first-order valence-electron chi connectivity index (χ1n) is 4.92.